The van der Waals surface area contributed by atoms with Crippen LogP contribution in [0.25, 0.3) is 0 Å². The van der Waals surface area contributed by atoms with E-state index < -0.39 is 49.2 Å². The average molecular weight is 523 g/mol. The second-order valence-corrected chi connectivity index (χ2v) is 9.60. The van der Waals surface area contributed by atoms with Gasteiger partial charge < -0.3 is 20.9 Å². The minimum Gasteiger partial charge on any atom is -0.339 e. The van der Waals surface area contributed by atoms with Gasteiger partial charge in [0.2, 0.25) is 5.91 Å². The second-order valence-electron chi connectivity index (χ2n) is 9.60. The van der Waals surface area contributed by atoms with Crippen LogP contribution in [0.5, 0.6) is 0 Å². The topological polar surface area (TPSA) is 121 Å². The molecule has 2 fully saturated rings. The molecule has 1 unspecified atom stereocenters. The highest BCUT2D eigenvalue weighted by Gasteiger charge is 2.46. The van der Waals surface area contributed by atoms with Crippen LogP contribution < -0.4 is 16.0 Å². The highest BCUT2D eigenvalue weighted by Crippen LogP contribution is 2.31. The van der Waals surface area contributed by atoms with E-state index in [1.807, 2.05) is 5.32 Å². The molecule has 1 saturated carbocycles. The number of alkyl halides is 3. The van der Waals surface area contributed by atoms with Gasteiger partial charge >= 0.3 is 12.2 Å². The van der Waals surface area contributed by atoms with Gasteiger partial charge in [0.1, 0.15) is 23.6 Å². The number of pyridine rings is 1. The van der Waals surface area contributed by atoms with Gasteiger partial charge in [-0.3, -0.25) is 14.3 Å². The van der Waals surface area contributed by atoms with Gasteiger partial charge in [-0.2, -0.15) is 18.3 Å². The molecule has 0 radical (unpaired) electrons. The van der Waals surface area contributed by atoms with Crippen molar-refractivity contribution in [3.05, 3.63) is 41.9 Å². The average Bonchev–Trinajstić information content (AvgIpc) is 3.48. The summed E-state index contributed by atoms with van der Waals surface area (Å²) in [6.45, 7) is -0.00636. The lowest BCUT2D eigenvalue weighted by molar-refractivity contribution is -0.149. The maximum absolute atomic E-state index is 13.4. The van der Waals surface area contributed by atoms with Crippen molar-refractivity contribution in [3.8, 4) is 0 Å². The number of aromatic nitrogens is 3. The Hall–Kier alpha value is -3.64. The Bertz CT molecular complexity index is 1180. The number of aryl methyl sites for hydroxylation is 1. The lowest BCUT2D eigenvalue weighted by Gasteiger charge is -2.32. The number of halogens is 3. The number of anilines is 1. The molecule has 13 heteroatoms. The molecule has 10 nitrogen and oxygen atoms in total. The zero-order chi connectivity index (χ0) is 27.6. The Morgan fingerprint density at radius 1 is 1.24 bits per heavy atom. The van der Waals surface area contributed by atoms with Gasteiger partial charge in [-0.25, -0.2) is 9.78 Å². The Balaban J connectivity index is 1.49. The molecule has 3 atom stereocenters. The van der Waals surface area contributed by atoms with Crippen molar-refractivity contribution in [1.29, 1.82) is 0 Å². The molecular formula is C24H30F3N7O3. The first-order valence-electron chi connectivity index (χ1n) is 12.6. The zero-order valence-corrected chi connectivity index (χ0v) is 20.5. The lowest BCUT2D eigenvalue weighted by atomic mass is 9.79. The molecule has 0 spiro atoms. The highest BCUT2D eigenvalue weighted by atomic mass is 19.4. The Morgan fingerprint density at radius 3 is 2.59 bits per heavy atom. The molecule has 200 valence electrons. The smallest absolute Gasteiger partial charge is 0.339 e. The summed E-state index contributed by atoms with van der Waals surface area (Å²) in [6, 6.07) is 0.354. The fourth-order valence-electron chi connectivity index (χ4n) is 4.66. The van der Waals surface area contributed by atoms with Crippen LogP contribution in [0.15, 0.2) is 30.6 Å². The van der Waals surface area contributed by atoms with Crippen molar-refractivity contribution in [1.82, 2.24) is 30.3 Å². The normalized spacial score (nSPS) is 24.1. The predicted octanol–water partition coefficient (Wildman–Crippen LogP) is 2.83. The van der Waals surface area contributed by atoms with Gasteiger partial charge in [-0.05, 0) is 48.4 Å². The van der Waals surface area contributed by atoms with Gasteiger partial charge in [-0.1, -0.05) is 19.8 Å². The number of hydrogen-bond acceptors (Lipinski definition) is 5. The van der Waals surface area contributed by atoms with Gasteiger partial charge in [0.15, 0.2) is 0 Å². The molecule has 3 N–H and O–H groups in total. The van der Waals surface area contributed by atoms with Crippen LogP contribution in [-0.4, -0.2) is 62.3 Å². The van der Waals surface area contributed by atoms with Gasteiger partial charge in [0.05, 0.1) is 7.92 Å². The molecule has 3 heterocycles. The fourth-order valence-corrected chi connectivity index (χ4v) is 4.66. The molecule has 0 aromatic carbocycles. The van der Waals surface area contributed by atoms with Crippen molar-refractivity contribution in [2.24, 2.45) is 18.9 Å². The fraction of sp³-hybridized carbons (Fsp3) is 0.542. The summed E-state index contributed by atoms with van der Waals surface area (Å²) in [4.78, 5) is 43.2. The van der Waals surface area contributed by atoms with E-state index in [4.69, 9.17) is 1.37 Å². The molecule has 2 aliphatic rings. The van der Waals surface area contributed by atoms with E-state index in [0.717, 1.165) is 30.6 Å². The minimum absolute atomic E-state index is 0.0562. The van der Waals surface area contributed by atoms with Crippen LogP contribution in [-0.2, 0) is 18.4 Å². The van der Waals surface area contributed by atoms with Gasteiger partial charge in [-0.15, -0.1) is 0 Å². The third-order valence-corrected chi connectivity index (χ3v) is 6.83. The van der Waals surface area contributed by atoms with E-state index >= 15 is 0 Å². The van der Waals surface area contributed by atoms with E-state index in [-0.39, 0.29) is 17.3 Å². The van der Waals surface area contributed by atoms with Crippen LogP contribution in [0.1, 0.15) is 50.0 Å². The molecule has 0 bridgehead atoms. The number of urea groups is 1. The van der Waals surface area contributed by atoms with Crippen LogP contribution in [0.4, 0.5) is 23.8 Å². The standard InChI is InChI=1S/C24H30F3N7O3/c1-14-3-5-16(6-4-14)20(32-21(35)17-8-10-29-33(17)2)22(36)31-19-11-15(7-9-28-19)12-34-13-18(24(25,26)27)30-23(34)37/h7-11,14,16,18,20H,3-6,12-13H2,1-2H3,(H,30,37)(H,32,35)(H,28,31,36)/t14?,16?,18-,20-/m0/s1/i12D/t12?,14?,16?,18-,20-. The first kappa shape index (κ1) is 25.0. The van der Waals surface area contributed by atoms with E-state index in [9.17, 15) is 27.6 Å². The number of carbonyl (C=O) groups excluding carboxylic acids is 3. The van der Waals surface area contributed by atoms with E-state index in [1.165, 1.54) is 29.2 Å². The minimum atomic E-state index is -4.63. The third-order valence-electron chi connectivity index (χ3n) is 6.83. The number of nitrogens with one attached hydrogen (secondary N) is 3. The summed E-state index contributed by atoms with van der Waals surface area (Å²) in [6.07, 6.45) is 1.48. The van der Waals surface area contributed by atoms with Crippen LogP contribution in [0.3, 0.4) is 0 Å². The quantitative estimate of drug-likeness (QED) is 0.517. The van der Waals surface area contributed by atoms with E-state index in [2.05, 4.69) is 27.6 Å². The first-order valence-corrected chi connectivity index (χ1v) is 12.1. The Kier molecular flexibility index (Phi) is 7.28. The maximum Gasteiger partial charge on any atom is 0.410 e. The number of amides is 4. The molecular weight excluding hydrogens is 491 g/mol. The Morgan fingerprint density at radius 2 is 1.97 bits per heavy atom. The van der Waals surface area contributed by atoms with Crippen molar-refractivity contribution in [3.63, 3.8) is 0 Å². The summed E-state index contributed by atoms with van der Waals surface area (Å²) >= 11 is 0. The molecule has 4 amide bonds. The molecule has 4 rings (SSSR count). The van der Waals surface area contributed by atoms with Gasteiger partial charge in [0.25, 0.3) is 5.91 Å². The molecule has 1 aliphatic carbocycles. The molecule has 37 heavy (non-hydrogen) atoms. The lowest BCUT2D eigenvalue weighted by Crippen LogP contribution is -2.49. The van der Waals surface area contributed by atoms with Crippen LogP contribution >= 0.6 is 0 Å². The molecule has 1 saturated heterocycles. The summed E-state index contributed by atoms with van der Waals surface area (Å²) in [7, 11) is 1.62. The Labute approximate surface area is 213 Å². The van der Waals surface area contributed by atoms with Crippen molar-refractivity contribution >= 4 is 23.7 Å². The van der Waals surface area contributed by atoms with Crippen LogP contribution in [0.2, 0.25) is 0 Å². The van der Waals surface area contributed by atoms with Gasteiger partial charge in [0, 0.05) is 26.0 Å². The molecule has 2 aromatic rings. The van der Waals surface area contributed by atoms with Crippen LogP contribution in [0, 0.1) is 11.8 Å². The number of carbonyl (C=O) groups is 3. The molecule has 2 aromatic heterocycles. The maximum atomic E-state index is 13.4. The monoisotopic (exact) mass is 522 g/mol. The number of rotatable bonds is 7. The largest absolute Gasteiger partial charge is 0.410 e. The number of nitrogens with zero attached hydrogens (tertiary/aromatic N) is 4. The highest BCUT2D eigenvalue weighted by molar-refractivity contribution is 6.00. The second kappa shape index (κ2) is 10.8. The van der Waals surface area contributed by atoms with E-state index in [1.54, 1.807) is 13.1 Å². The summed E-state index contributed by atoms with van der Waals surface area (Å²) in [5.74, 6) is -0.475. The van der Waals surface area contributed by atoms with E-state index in [0.29, 0.717) is 11.6 Å². The SMILES string of the molecule is [2H]C(c1ccnc(NC(=O)[C@@H](NC(=O)c2ccnn2C)C2CCC(C)CC2)c1)N1C[C@@H](C(F)(F)F)NC1=O. The zero-order valence-electron chi connectivity index (χ0n) is 21.5. The van der Waals surface area contributed by atoms with Crippen molar-refractivity contribution in [2.75, 3.05) is 11.9 Å². The predicted molar refractivity (Wildman–Crippen MR) is 127 cm³/mol. The first-order chi connectivity index (χ1) is 17.9. The molecule has 1 aliphatic heterocycles. The summed E-state index contributed by atoms with van der Waals surface area (Å²) in [5, 5.41) is 11.3. The van der Waals surface area contributed by atoms with Crippen molar-refractivity contribution < 1.29 is 28.9 Å². The summed E-state index contributed by atoms with van der Waals surface area (Å²) < 4.78 is 48.9. The summed E-state index contributed by atoms with van der Waals surface area (Å²) in [5.41, 5.74) is 0.473. The van der Waals surface area contributed by atoms with Crippen molar-refractivity contribution in [2.45, 2.75) is 57.4 Å². The number of hydrogen-bond donors (Lipinski definition) is 3. The third kappa shape index (κ3) is 6.38.